The number of hydrogen-bond donors (Lipinski definition) is 1. The summed E-state index contributed by atoms with van der Waals surface area (Å²) in [5.74, 6) is 0. The summed E-state index contributed by atoms with van der Waals surface area (Å²) < 4.78 is 10.0. The highest BCUT2D eigenvalue weighted by Gasteiger charge is 2.12. The molecule has 0 saturated heterocycles. The lowest BCUT2D eigenvalue weighted by molar-refractivity contribution is 0.109. The number of amides is 2. The summed E-state index contributed by atoms with van der Waals surface area (Å²) >= 11 is 1.13. The minimum atomic E-state index is -0.720. The maximum absolute atomic E-state index is 11.5. The Bertz CT molecular complexity index is 334. The van der Waals surface area contributed by atoms with Crippen LogP contribution >= 0.6 is 11.8 Å². The summed E-state index contributed by atoms with van der Waals surface area (Å²) in [6, 6.07) is 0. The minimum absolute atomic E-state index is 0.154. The largest absolute Gasteiger partial charge is 0.446 e. The van der Waals surface area contributed by atoms with Gasteiger partial charge in [-0.15, -0.1) is 0 Å². The maximum Gasteiger partial charge on any atom is 0.436 e. The fraction of sp³-hybridized carbons (Fsp3) is 0.750. The lowest BCUT2D eigenvalue weighted by atomic mass is 10.3. The molecule has 0 aromatic rings. The molecule has 2 atom stereocenters. The van der Waals surface area contributed by atoms with Gasteiger partial charge >= 0.3 is 12.2 Å². The van der Waals surface area contributed by atoms with Crippen molar-refractivity contribution in [3.05, 3.63) is 0 Å². The molecule has 0 heterocycles. The van der Waals surface area contributed by atoms with E-state index in [0.29, 0.717) is 6.42 Å². The highest BCUT2D eigenvalue weighted by Crippen LogP contribution is 2.03. The molecule has 2 unspecified atom stereocenters. The van der Waals surface area contributed by atoms with E-state index in [2.05, 4.69) is 10.3 Å². The number of alkyl carbamates (subject to hydrolysis) is 1. The van der Waals surface area contributed by atoms with Gasteiger partial charge in [-0.2, -0.15) is 4.99 Å². The number of amidine groups is 1. The zero-order valence-electron chi connectivity index (χ0n) is 12.1. The average molecular weight is 290 g/mol. The van der Waals surface area contributed by atoms with E-state index in [-0.39, 0.29) is 17.4 Å². The molecule has 6 nitrogen and oxygen atoms in total. The van der Waals surface area contributed by atoms with Gasteiger partial charge in [0.05, 0.1) is 0 Å². The van der Waals surface area contributed by atoms with Gasteiger partial charge in [0.15, 0.2) is 5.17 Å². The quantitative estimate of drug-likeness (QED) is 0.635. The van der Waals surface area contributed by atoms with Gasteiger partial charge in [-0.05, 0) is 32.9 Å². The summed E-state index contributed by atoms with van der Waals surface area (Å²) in [6.45, 7) is 7.37. The second-order valence-corrected chi connectivity index (χ2v) is 4.77. The molecule has 0 aromatic carbocycles. The molecule has 0 fully saturated rings. The van der Waals surface area contributed by atoms with E-state index in [4.69, 9.17) is 9.47 Å². The number of rotatable bonds is 4. The fourth-order valence-corrected chi connectivity index (χ4v) is 1.22. The molecule has 0 bridgehead atoms. The van der Waals surface area contributed by atoms with Crippen molar-refractivity contribution in [2.24, 2.45) is 4.99 Å². The van der Waals surface area contributed by atoms with Gasteiger partial charge in [0.1, 0.15) is 12.2 Å². The molecule has 0 aliphatic carbocycles. The molecule has 0 rings (SSSR count). The first-order valence-electron chi connectivity index (χ1n) is 6.23. The zero-order chi connectivity index (χ0) is 14.8. The Balaban J connectivity index is 4.40. The number of carbonyl (C=O) groups is 2. The zero-order valence-corrected chi connectivity index (χ0v) is 12.9. The SMILES string of the molecule is CCC(C)OC(=O)/N=C(/NC(=O)OC(C)CC)SC. The smallest absolute Gasteiger partial charge is 0.436 e. The number of aliphatic imine (C=N–C) groups is 1. The summed E-state index contributed by atoms with van der Waals surface area (Å²) in [6.07, 6.45) is 1.39. The van der Waals surface area contributed by atoms with Gasteiger partial charge in [0.25, 0.3) is 0 Å². The highest BCUT2D eigenvalue weighted by molar-refractivity contribution is 8.13. The van der Waals surface area contributed by atoms with Crippen LogP contribution in [0, 0.1) is 0 Å². The highest BCUT2D eigenvalue weighted by atomic mass is 32.2. The number of hydrogen-bond acceptors (Lipinski definition) is 5. The molecule has 110 valence electrons. The van der Waals surface area contributed by atoms with Gasteiger partial charge < -0.3 is 9.47 Å². The van der Waals surface area contributed by atoms with Crippen LogP contribution < -0.4 is 5.32 Å². The first kappa shape index (κ1) is 17.8. The second-order valence-electron chi connectivity index (χ2n) is 3.97. The summed E-state index contributed by atoms with van der Waals surface area (Å²) in [5, 5.41) is 2.56. The van der Waals surface area contributed by atoms with Crippen LogP contribution in [0.3, 0.4) is 0 Å². The second kappa shape index (κ2) is 9.66. The van der Waals surface area contributed by atoms with E-state index in [1.165, 1.54) is 0 Å². The number of carbonyl (C=O) groups excluding carboxylic acids is 2. The van der Waals surface area contributed by atoms with E-state index in [1.54, 1.807) is 20.1 Å². The Labute approximate surface area is 118 Å². The van der Waals surface area contributed by atoms with E-state index >= 15 is 0 Å². The van der Waals surface area contributed by atoms with Crippen LogP contribution in [0.2, 0.25) is 0 Å². The third kappa shape index (κ3) is 8.47. The van der Waals surface area contributed by atoms with Crippen LogP contribution in [0.5, 0.6) is 0 Å². The number of nitrogens with zero attached hydrogens (tertiary/aromatic N) is 1. The first-order valence-corrected chi connectivity index (χ1v) is 7.46. The van der Waals surface area contributed by atoms with Gasteiger partial charge in [-0.3, -0.25) is 5.32 Å². The molecule has 7 heteroatoms. The van der Waals surface area contributed by atoms with Gasteiger partial charge in [-0.1, -0.05) is 25.6 Å². The van der Waals surface area contributed by atoms with Crippen molar-refractivity contribution in [2.45, 2.75) is 52.7 Å². The van der Waals surface area contributed by atoms with Crippen LogP contribution in [0.25, 0.3) is 0 Å². The number of nitrogens with one attached hydrogen (secondary N) is 1. The molecule has 0 aromatic heterocycles. The molecule has 0 saturated carbocycles. The molecule has 1 N–H and O–H groups in total. The Hall–Kier alpha value is -1.24. The molecule has 0 spiro atoms. The monoisotopic (exact) mass is 290 g/mol. The van der Waals surface area contributed by atoms with Crippen molar-refractivity contribution in [1.82, 2.24) is 5.32 Å². The first-order chi connectivity index (χ1) is 8.92. The van der Waals surface area contributed by atoms with E-state index in [9.17, 15) is 9.59 Å². The Morgan fingerprint density at radius 1 is 1.16 bits per heavy atom. The maximum atomic E-state index is 11.5. The number of thioether (sulfide) groups is 1. The Morgan fingerprint density at radius 3 is 2.16 bits per heavy atom. The lowest BCUT2D eigenvalue weighted by Crippen LogP contribution is -2.32. The number of ether oxygens (including phenoxy) is 2. The molecule has 0 aliphatic heterocycles. The van der Waals surface area contributed by atoms with E-state index in [0.717, 1.165) is 18.2 Å². The lowest BCUT2D eigenvalue weighted by Gasteiger charge is -2.12. The predicted molar refractivity (Wildman–Crippen MR) is 76.6 cm³/mol. The van der Waals surface area contributed by atoms with Crippen molar-refractivity contribution >= 4 is 29.1 Å². The fourth-order valence-electron chi connectivity index (χ4n) is 0.872. The van der Waals surface area contributed by atoms with E-state index in [1.807, 2.05) is 13.8 Å². The summed E-state index contributed by atoms with van der Waals surface area (Å²) in [5.41, 5.74) is 0. The van der Waals surface area contributed by atoms with Crippen LogP contribution in [-0.2, 0) is 9.47 Å². The Morgan fingerprint density at radius 2 is 1.68 bits per heavy atom. The van der Waals surface area contributed by atoms with Crippen LogP contribution in [0.4, 0.5) is 9.59 Å². The third-order valence-electron chi connectivity index (χ3n) is 2.36. The van der Waals surface area contributed by atoms with Gasteiger partial charge in [-0.25, -0.2) is 9.59 Å². The summed E-state index contributed by atoms with van der Waals surface area (Å²) in [7, 11) is 0. The molecular weight excluding hydrogens is 268 g/mol. The molecule has 0 aliphatic rings. The molecule has 19 heavy (non-hydrogen) atoms. The van der Waals surface area contributed by atoms with Crippen molar-refractivity contribution in [1.29, 1.82) is 0 Å². The standard InChI is InChI=1S/C12H22N2O4S/c1-6-8(3)17-11(15)13-10(19-5)14-12(16)18-9(4)7-2/h8-9H,6-7H2,1-5H3,(H,13,14,15,16). The van der Waals surface area contributed by atoms with E-state index < -0.39 is 12.2 Å². The van der Waals surface area contributed by atoms with Crippen molar-refractivity contribution in [3.63, 3.8) is 0 Å². The minimum Gasteiger partial charge on any atom is -0.446 e. The van der Waals surface area contributed by atoms with Crippen LogP contribution in [-0.4, -0.2) is 35.8 Å². The summed E-state index contributed by atoms with van der Waals surface area (Å²) in [4.78, 5) is 26.6. The Kier molecular flexibility index (Phi) is 9.03. The van der Waals surface area contributed by atoms with Gasteiger partial charge in [0.2, 0.25) is 0 Å². The van der Waals surface area contributed by atoms with Crippen molar-refractivity contribution in [2.75, 3.05) is 6.26 Å². The third-order valence-corrected chi connectivity index (χ3v) is 2.94. The topological polar surface area (TPSA) is 77.0 Å². The normalized spacial score (nSPS) is 14.5. The average Bonchev–Trinajstić information content (AvgIpc) is 2.37. The predicted octanol–water partition coefficient (Wildman–Crippen LogP) is 3.17. The van der Waals surface area contributed by atoms with Gasteiger partial charge in [0, 0.05) is 0 Å². The van der Waals surface area contributed by atoms with Crippen LogP contribution in [0.15, 0.2) is 4.99 Å². The molecule has 2 amide bonds. The van der Waals surface area contributed by atoms with Crippen molar-refractivity contribution < 1.29 is 19.1 Å². The molecular formula is C12H22N2O4S. The van der Waals surface area contributed by atoms with Crippen LogP contribution in [0.1, 0.15) is 40.5 Å². The molecule has 0 radical (unpaired) electrons. The van der Waals surface area contributed by atoms with Crippen molar-refractivity contribution in [3.8, 4) is 0 Å².